The van der Waals surface area contributed by atoms with Gasteiger partial charge >= 0.3 is 12.4 Å². The largest absolute Gasteiger partial charge is 0.416 e. The molecule has 0 saturated carbocycles. The standard InChI is InChI=1S/C20H18F6N6O2/c21-19(22,23)11-3-1-5-13(7-11)28-17-30-16(27-9-15(34)10-33)31-18(32-17)29-14-6-2-4-12(8-14)20(24,25)26/h1-8,15,33-34H,9-10H2,(H3,27,28,29,30,31,32)/t15-/m1/s1. The van der Waals surface area contributed by atoms with Gasteiger partial charge in [0.05, 0.1) is 23.8 Å². The smallest absolute Gasteiger partial charge is 0.394 e. The number of aliphatic hydroxyl groups is 2. The van der Waals surface area contributed by atoms with Crippen LogP contribution in [0.15, 0.2) is 48.5 Å². The predicted molar refractivity (Wildman–Crippen MR) is 111 cm³/mol. The lowest BCUT2D eigenvalue weighted by Gasteiger charge is -2.14. The molecule has 0 amide bonds. The van der Waals surface area contributed by atoms with E-state index in [9.17, 15) is 31.4 Å². The number of hydrogen-bond acceptors (Lipinski definition) is 8. The van der Waals surface area contributed by atoms with Gasteiger partial charge in [-0.05, 0) is 36.4 Å². The zero-order valence-corrected chi connectivity index (χ0v) is 17.1. The molecule has 0 aliphatic carbocycles. The molecule has 0 aliphatic rings. The van der Waals surface area contributed by atoms with Crippen LogP contribution in [-0.4, -0.2) is 44.4 Å². The summed E-state index contributed by atoms with van der Waals surface area (Å²) in [5.74, 6) is -0.624. The molecule has 0 aliphatic heterocycles. The molecule has 34 heavy (non-hydrogen) atoms. The molecule has 3 aromatic rings. The molecule has 1 heterocycles. The number of anilines is 5. The van der Waals surface area contributed by atoms with Gasteiger partial charge in [-0.2, -0.15) is 41.3 Å². The normalized spacial score (nSPS) is 12.8. The maximum absolute atomic E-state index is 13.0. The van der Waals surface area contributed by atoms with Crippen LogP contribution in [0.5, 0.6) is 0 Å². The van der Waals surface area contributed by atoms with Gasteiger partial charge < -0.3 is 26.2 Å². The summed E-state index contributed by atoms with van der Waals surface area (Å²) >= 11 is 0. The fraction of sp³-hybridized carbons (Fsp3) is 0.250. The Morgan fingerprint density at radius 3 is 1.59 bits per heavy atom. The van der Waals surface area contributed by atoms with Crippen LogP contribution < -0.4 is 16.0 Å². The Hall–Kier alpha value is -3.65. The molecule has 0 fully saturated rings. The average Bonchev–Trinajstić information content (AvgIpc) is 2.76. The molecular weight excluding hydrogens is 470 g/mol. The van der Waals surface area contributed by atoms with Crippen LogP contribution >= 0.6 is 0 Å². The minimum Gasteiger partial charge on any atom is -0.394 e. The van der Waals surface area contributed by atoms with Crippen molar-refractivity contribution in [3.8, 4) is 0 Å². The van der Waals surface area contributed by atoms with E-state index in [-0.39, 0.29) is 35.8 Å². The van der Waals surface area contributed by atoms with Gasteiger partial charge in [-0.15, -0.1) is 0 Å². The van der Waals surface area contributed by atoms with Gasteiger partial charge in [-0.3, -0.25) is 0 Å². The van der Waals surface area contributed by atoms with E-state index in [0.29, 0.717) is 0 Å². The van der Waals surface area contributed by atoms with Crippen molar-refractivity contribution < 1.29 is 36.6 Å². The molecule has 14 heteroatoms. The SMILES string of the molecule is OC[C@H](O)CNc1nc(Nc2cccc(C(F)(F)F)c2)nc(Nc2cccc(C(F)(F)F)c2)n1. The average molecular weight is 488 g/mol. The molecule has 3 rings (SSSR count). The molecule has 0 bridgehead atoms. The van der Waals surface area contributed by atoms with E-state index in [1.165, 1.54) is 24.3 Å². The lowest BCUT2D eigenvalue weighted by atomic mass is 10.2. The molecule has 1 aromatic heterocycles. The summed E-state index contributed by atoms with van der Waals surface area (Å²) in [6.45, 7) is -0.755. The summed E-state index contributed by atoms with van der Waals surface area (Å²) in [7, 11) is 0. The number of aliphatic hydroxyl groups excluding tert-OH is 2. The van der Waals surface area contributed by atoms with Crippen molar-refractivity contribution in [1.82, 2.24) is 15.0 Å². The molecule has 182 valence electrons. The molecule has 1 atom stereocenters. The Morgan fingerprint density at radius 1 is 0.735 bits per heavy atom. The molecule has 0 unspecified atom stereocenters. The fourth-order valence-corrected chi connectivity index (χ4v) is 2.65. The van der Waals surface area contributed by atoms with Crippen molar-refractivity contribution in [2.45, 2.75) is 18.5 Å². The topological polar surface area (TPSA) is 115 Å². The van der Waals surface area contributed by atoms with E-state index in [1.807, 2.05) is 0 Å². The maximum Gasteiger partial charge on any atom is 0.416 e. The van der Waals surface area contributed by atoms with Crippen LogP contribution in [0.1, 0.15) is 11.1 Å². The zero-order valence-electron chi connectivity index (χ0n) is 17.1. The monoisotopic (exact) mass is 488 g/mol. The maximum atomic E-state index is 13.0. The highest BCUT2D eigenvalue weighted by molar-refractivity contribution is 5.60. The predicted octanol–water partition coefficient (Wildman–Crippen LogP) is 4.16. The number of nitrogens with zero attached hydrogens (tertiary/aromatic N) is 3. The Bertz CT molecular complexity index is 1050. The van der Waals surface area contributed by atoms with Gasteiger partial charge in [0.1, 0.15) is 0 Å². The van der Waals surface area contributed by atoms with E-state index in [1.54, 1.807) is 0 Å². The molecule has 8 nitrogen and oxygen atoms in total. The van der Waals surface area contributed by atoms with Crippen molar-refractivity contribution in [3.63, 3.8) is 0 Å². The van der Waals surface area contributed by atoms with Crippen molar-refractivity contribution in [1.29, 1.82) is 0 Å². The lowest BCUT2D eigenvalue weighted by molar-refractivity contribution is -0.138. The summed E-state index contributed by atoms with van der Waals surface area (Å²) in [6, 6.07) is 8.42. The summed E-state index contributed by atoms with van der Waals surface area (Å²) < 4.78 is 77.9. The van der Waals surface area contributed by atoms with Crippen LogP contribution in [0.2, 0.25) is 0 Å². The lowest BCUT2D eigenvalue weighted by Crippen LogP contribution is -2.24. The summed E-state index contributed by atoms with van der Waals surface area (Å²) in [5, 5.41) is 26.2. The molecular formula is C20H18F6N6O2. The quantitative estimate of drug-likeness (QED) is 0.300. The first kappa shape index (κ1) is 25.0. The summed E-state index contributed by atoms with van der Waals surface area (Å²) in [4.78, 5) is 12.0. The summed E-state index contributed by atoms with van der Waals surface area (Å²) in [5.41, 5.74) is -1.85. The van der Waals surface area contributed by atoms with E-state index in [0.717, 1.165) is 24.3 Å². The van der Waals surface area contributed by atoms with Crippen LogP contribution in [0.3, 0.4) is 0 Å². The number of halogens is 6. The van der Waals surface area contributed by atoms with Gasteiger partial charge in [0.25, 0.3) is 0 Å². The van der Waals surface area contributed by atoms with Crippen LogP contribution in [-0.2, 0) is 12.4 Å². The minimum atomic E-state index is -4.58. The van der Waals surface area contributed by atoms with Crippen LogP contribution in [0.25, 0.3) is 0 Å². The third-order valence-electron chi connectivity index (χ3n) is 4.23. The molecule has 0 saturated heterocycles. The number of benzene rings is 2. The molecule has 0 radical (unpaired) electrons. The Balaban J connectivity index is 1.91. The Labute approximate surface area is 188 Å². The van der Waals surface area contributed by atoms with Crippen molar-refractivity contribution >= 4 is 29.2 Å². The fourth-order valence-electron chi connectivity index (χ4n) is 2.65. The highest BCUT2D eigenvalue weighted by atomic mass is 19.4. The van der Waals surface area contributed by atoms with E-state index < -0.39 is 36.2 Å². The van der Waals surface area contributed by atoms with Crippen molar-refractivity contribution in [2.75, 3.05) is 29.1 Å². The first-order valence-electron chi connectivity index (χ1n) is 9.61. The zero-order chi connectivity index (χ0) is 24.9. The van der Waals surface area contributed by atoms with E-state index in [4.69, 9.17) is 5.11 Å². The summed E-state index contributed by atoms with van der Waals surface area (Å²) in [6.07, 6.45) is -10.3. The molecule has 5 N–H and O–H groups in total. The van der Waals surface area contributed by atoms with Gasteiger partial charge in [0.15, 0.2) is 0 Å². The van der Waals surface area contributed by atoms with Crippen LogP contribution in [0, 0.1) is 0 Å². The van der Waals surface area contributed by atoms with E-state index >= 15 is 0 Å². The third-order valence-corrected chi connectivity index (χ3v) is 4.23. The second-order valence-corrected chi connectivity index (χ2v) is 6.93. The van der Waals surface area contributed by atoms with Crippen molar-refractivity contribution in [3.05, 3.63) is 59.7 Å². The van der Waals surface area contributed by atoms with Crippen LogP contribution in [0.4, 0.5) is 55.6 Å². The molecule has 2 aromatic carbocycles. The highest BCUT2D eigenvalue weighted by Gasteiger charge is 2.31. The van der Waals surface area contributed by atoms with Gasteiger partial charge in [-0.25, -0.2) is 0 Å². The van der Waals surface area contributed by atoms with Gasteiger partial charge in [-0.1, -0.05) is 12.1 Å². The first-order valence-corrected chi connectivity index (χ1v) is 9.61. The number of alkyl halides is 6. The number of aromatic nitrogens is 3. The number of nitrogens with one attached hydrogen (secondary N) is 3. The van der Waals surface area contributed by atoms with Gasteiger partial charge in [0, 0.05) is 17.9 Å². The molecule has 0 spiro atoms. The second kappa shape index (κ2) is 10.1. The van der Waals surface area contributed by atoms with Gasteiger partial charge in [0.2, 0.25) is 17.8 Å². The van der Waals surface area contributed by atoms with Crippen molar-refractivity contribution in [2.24, 2.45) is 0 Å². The number of hydrogen-bond donors (Lipinski definition) is 5. The third kappa shape index (κ3) is 6.92. The minimum absolute atomic E-state index is 0.00705. The first-order chi connectivity index (χ1) is 15.9. The highest BCUT2D eigenvalue weighted by Crippen LogP contribution is 2.32. The Morgan fingerprint density at radius 2 is 1.18 bits per heavy atom. The number of rotatable bonds is 8. The van der Waals surface area contributed by atoms with E-state index in [2.05, 4.69) is 30.9 Å². The Kier molecular flexibility index (Phi) is 7.41. The second-order valence-electron chi connectivity index (χ2n) is 6.93.